The summed E-state index contributed by atoms with van der Waals surface area (Å²) in [6, 6.07) is 5.60. The zero-order chi connectivity index (χ0) is 12.6. The maximum atomic E-state index is 12.3. The first-order chi connectivity index (χ1) is 8.04. The normalized spacial score (nSPS) is 17.2. The molecule has 0 bridgehead atoms. The van der Waals surface area contributed by atoms with E-state index in [0.717, 1.165) is 17.0 Å². The number of anilines is 1. The van der Waals surface area contributed by atoms with E-state index in [9.17, 15) is 4.79 Å². The number of fused-ring (bicyclic) bond motifs is 1. The van der Waals surface area contributed by atoms with Crippen molar-refractivity contribution < 1.29 is 14.6 Å². The highest BCUT2D eigenvalue weighted by molar-refractivity contribution is 6.08. The number of nitrogens with zero attached hydrogens (tertiary/aromatic N) is 1. The van der Waals surface area contributed by atoms with Gasteiger partial charge >= 0.3 is 0 Å². The third-order valence-corrected chi connectivity index (χ3v) is 3.24. The van der Waals surface area contributed by atoms with Crippen LogP contribution in [0.4, 0.5) is 5.69 Å². The predicted octanol–water partition coefficient (Wildman–Crippen LogP) is 1.31. The van der Waals surface area contributed by atoms with E-state index in [4.69, 9.17) is 9.84 Å². The number of β-amino-alcohol motifs (C(OH)–C–C–N with tert-alkyl or cyclic N) is 1. The molecule has 92 valence electrons. The Hall–Kier alpha value is -1.55. The van der Waals surface area contributed by atoms with Crippen LogP contribution >= 0.6 is 0 Å². The highest BCUT2D eigenvalue weighted by atomic mass is 16.5. The third kappa shape index (κ3) is 1.60. The molecule has 0 aromatic heterocycles. The lowest BCUT2D eigenvalue weighted by atomic mass is 9.85. The zero-order valence-corrected chi connectivity index (χ0v) is 10.4. The maximum absolute atomic E-state index is 12.3. The van der Waals surface area contributed by atoms with E-state index in [1.165, 1.54) is 0 Å². The van der Waals surface area contributed by atoms with Gasteiger partial charge in [-0.3, -0.25) is 4.79 Å². The van der Waals surface area contributed by atoms with E-state index in [1.807, 2.05) is 32.0 Å². The highest BCUT2D eigenvalue weighted by Gasteiger charge is 2.45. The summed E-state index contributed by atoms with van der Waals surface area (Å²) in [6.07, 6.45) is 0. The van der Waals surface area contributed by atoms with Crippen LogP contribution in [0.3, 0.4) is 0 Å². The average molecular weight is 235 g/mol. The fourth-order valence-electron chi connectivity index (χ4n) is 2.42. The molecule has 1 N–H and O–H groups in total. The second kappa shape index (κ2) is 4.04. The number of aliphatic hydroxyl groups is 1. The van der Waals surface area contributed by atoms with E-state index in [1.54, 1.807) is 12.0 Å². The summed E-state index contributed by atoms with van der Waals surface area (Å²) in [7, 11) is 1.60. The molecule has 17 heavy (non-hydrogen) atoms. The van der Waals surface area contributed by atoms with Gasteiger partial charge in [-0.1, -0.05) is 6.07 Å². The van der Waals surface area contributed by atoms with Gasteiger partial charge < -0.3 is 14.7 Å². The van der Waals surface area contributed by atoms with Crippen molar-refractivity contribution >= 4 is 11.6 Å². The zero-order valence-electron chi connectivity index (χ0n) is 10.4. The summed E-state index contributed by atoms with van der Waals surface area (Å²) >= 11 is 0. The number of carbonyl (C=O) groups excluding carboxylic acids is 1. The largest absolute Gasteiger partial charge is 0.496 e. The van der Waals surface area contributed by atoms with Gasteiger partial charge in [0.05, 0.1) is 24.8 Å². The van der Waals surface area contributed by atoms with Crippen LogP contribution < -0.4 is 9.64 Å². The van der Waals surface area contributed by atoms with Crippen molar-refractivity contribution in [3.8, 4) is 5.75 Å². The van der Waals surface area contributed by atoms with Crippen LogP contribution in [-0.4, -0.2) is 31.3 Å². The molecular weight excluding hydrogens is 218 g/mol. The maximum Gasteiger partial charge on any atom is 0.237 e. The lowest BCUT2D eigenvalue weighted by Crippen LogP contribution is -2.37. The molecule has 0 saturated carbocycles. The van der Waals surface area contributed by atoms with Crippen molar-refractivity contribution in [2.45, 2.75) is 19.3 Å². The first kappa shape index (κ1) is 11.9. The van der Waals surface area contributed by atoms with E-state index in [0.29, 0.717) is 6.54 Å². The monoisotopic (exact) mass is 235 g/mol. The molecule has 2 rings (SSSR count). The Bertz CT molecular complexity index is 454. The molecule has 0 fully saturated rings. The van der Waals surface area contributed by atoms with E-state index >= 15 is 0 Å². The van der Waals surface area contributed by atoms with E-state index in [-0.39, 0.29) is 12.5 Å². The Morgan fingerprint density at radius 2 is 2.12 bits per heavy atom. The number of aliphatic hydroxyl groups excluding tert-OH is 1. The van der Waals surface area contributed by atoms with Crippen molar-refractivity contribution in [2.24, 2.45) is 0 Å². The molecule has 0 spiro atoms. The van der Waals surface area contributed by atoms with E-state index < -0.39 is 5.41 Å². The Kier molecular flexibility index (Phi) is 2.83. The van der Waals surface area contributed by atoms with Crippen LogP contribution in [0.1, 0.15) is 19.4 Å². The molecule has 0 saturated heterocycles. The smallest absolute Gasteiger partial charge is 0.237 e. The lowest BCUT2D eigenvalue weighted by Gasteiger charge is -2.19. The molecule has 4 heteroatoms. The van der Waals surface area contributed by atoms with Gasteiger partial charge in [0.2, 0.25) is 5.91 Å². The van der Waals surface area contributed by atoms with Gasteiger partial charge in [0.1, 0.15) is 5.75 Å². The van der Waals surface area contributed by atoms with Gasteiger partial charge in [-0.05, 0) is 26.0 Å². The number of rotatable bonds is 3. The predicted molar refractivity (Wildman–Crippen MR) is 65.5 cm³/mol. The molecule has 4 nitrogen and oxygen atoms in total. The number of ether oxygens (including phenoxy) is 1. The summed E-state index contributed by atoms with van der Waals surface area (Å²) in [5.74, 6) is 0.729. The molecule has 0 atom stereocenters. The molecule has 0 unspecified atom stereocenters. The lowest BCUT2D eigenvalue weighted by molar-refractivity contribution is -0.122. The Morgan fingerprint density at radius 1 is 1.41 bits per heavy atom. The van der Waals surface area contributed by atoms with Crippen molar-refractivity contribution in [1.82, 2.24) is 0 Å². The Labute approximate surface area is 101 Å². The van der Waals surface area contributed by atoms with Crippen LogP contribution in [0, 0.1) is 0 Å². The highest BCUT2D eigenvalue weighted by Crippen LogP contribution is 2.46. The van der Waals surface area contributed by atoms with Crippen LogP contribution in [0.5, 0.6) is 5.75 Å². The molecule has 0 aliphatic carbocycles. The molecule has 1 amide bonds. The van der Waals surface area contributed by atoms with Gasteiger partial charge in [-0.2, -0.15) is 0 Å². The molecule has 1 heterocycles. The summed E-state index contributed by atoms with van der Waals surface area (Å²) in [5.41, 5.74) is 1.14. The minimum Gasteiger partial charge on any atom is -0.496 e. The van der Waals surface area contributed by atoms with Crippen LogP contribution in [0.15, 0.2) is 18.2 Å². The Balaban J connectivity index is 2.61. The van der Waals surface area contributed by atoms with Gasteiger partial charge in [0.15, 0.2) is 0 Å². The first-order valence-corrected chi connectivity index (χ1v) is 5.64. The minimum absolute atomic E-state index is 0.00560. The van der Waals surface area contributed by atoms with Gasteiger partial charge in [0.25, 0.3) is 0 Å². The van der Waals surface area contributed by atoms with Crippen LogP contribution in [-0.2, 0) is 10.2 Å². The second-order valence-corrected chi connectivity index (χ2v) is 4.66. The van der Waals surface area contributed by atoms with Gasteiger partial charge in [-0.25, -0.2) is 0 Å². The molecular formula is C13H17NO3. The topological polar surface area (TPSA) is 49.8 Å². The molecule has 1 aromatic rings. The number of hydrogen-bond acceptors (Lipinski definition) is 3. The molecule has 0 radical (unpaired) electrons. The van der Waals surface area contributed by atoms with Gasteiger partial charge in [0, 0.05) is 12.1 Å². The van der Waals surface area contributed by atoms with E-state index in [2.05, 4.69) is 0 Å². The fraction of sp³-hybridized carbons (Fsp3) is 0.462. The quantitative estimate of drug-likeness (QED) is 0.859. The van der Waals surface area contributed by atoms with Crippen molar-refractivity contribution in [2.75, 3.05) is 25.2 Å². The van der Waals surface area contributed by atoms with Crippen molar-refractivity contribution in [3.05, 3.63) is 23.8 Å². The Morgan fingerprint density at radius 3 is 2.71 bits per heavy atom. The number of benzene rings is 1. The first-order valence-electron chi connectivity index (χ1n) is 5.64. The summed E-state index contributed by atoms with van der Waals surface area (Å²) in [5, 5.41) is 9.04. The van der Waals surface area contributed by atoms with Crippen molar-refractivity contribution in [1.29, 1.82) is 0 Å². The summed E-state index contributed by atoms with van der Waals surface area (Å²) in [4.78, 5) is 13.9. The minimum atomic E-state index is -0.600. The van der Waals surface area contributed by atoms with Crippen molar-refractivity contribution in [3.63, 3.8) is 0 Å². The molecule has 1 aliphatic heterocycles. The number of amides is 1. The standard InChI is InChI=1S/C13H17NO3/c1-13(2)11-9(5-4-6-10(11)17-3)14(7-8-15)12(13)16/h4-6,15H,7-8H2,1-3H3. The number of carbonyl (C=O) groups is 1. The molecule has 1 aromatic carbocycles. The number of methoxy groups -OCH3 is 1. The average Bonchev–Trinajstić information content (AvgIpc) is 2.51. The molecule has 1 aliphatic rings. The van der Waals surface area contributed by atoms with Crippen LogP contribution in [0.25, 0.3) is 0 Å². The summed E-state index contributed by atoms with van der Waals surface area (Å²) in [6.45, 7) is 4.04. The fourth-order valence-corrected chi connectivity index (χ4v) is 2.42. The summed E-state index contributed by atoms with van der Waals surface area (Å²) < 4.78 is 5.33. The number of hydrogen-bond donors (Lipinski definition) is 1. The second-order valence-electron chi connectivity index (χ2n) is 4.66. The van der Waals surface area contributed by atoms with Crippen LogP contribution in [0.2, 0.25) is 0 Å². The SMILES string of the molecule is COc1cccc2c1C(C)(C)C(=O)N2CCO. The van der Waals surface area contributed by atoms with Gasteiger partial charge in [-0.15, -0.1) is 0 Å². The third-order valence-electron chi connectivity index (χ3n) is 3.24.